The Balaban J connectivity index is 0.000000640. The number of hydrogen-bond donors (Lipinski definition) is 0. The number of ketones is 2. The minimum Gasteiger partial charge on any atom is -0.291 e. The van der Waals surface area contributed by atoms with Crippen molar-refractivity contribution in [1.29, 1.82) is 0 Å². The standard InChI is InChI=1S/C6H8O2.O/c7-5-3-1-2-4-6(5)8;/h1-4H2;. The molecule has 1 rings (SSSR count). The van der Waals surface area contributed by atoms with Crippen LogP contribution in [0.15, 0.2) is 0 Å². The van der Waals surface area contributed by atoms with Crippen molar-refractivity contribution in [1.82, 2.24) is 0 Å². The highest BCUT2D eigenvalue weighted by molar-refractivity contribution is 6.37. The van der Waals surface area contributed by atoms with Gasteiger partial charge in [0.25, 0.3) is 0 Å². The normalized spacial score (nSPS) is 19.1. The second kappa shape index (κ2) is 3.35. The van der Waals surface area contributed by atoms with Crippen LogP contribution in [0.4, 0.5) is 0 Å². The maximum atomic E-state index is 10.4. The molecule has 2 radical (unpaired) electrons. The molecule has 9 heavy (non-hydrogen) atoms. The van der Waals surface area contributed by atoms with Crippen LogP contribution in [-0.2, 0) is 15.1 Å². The van der Waals surface area contributed by atoms with E-state index < -0.39 is 0 Å². The lowest BCUT2D eigenvalue weighted by Gasteiger charge is -2.04. The van der Waals surface area contributed by atoms with Gasteiger partial charge in [0.05, 0.1) is 0 Å². The lowest BCUT2D eigenvalue weighted by Crippen LogP contribution is -2.17. The smallest absolute Gasteiger partial charge is 0.198 e. The van der Waals surface area contributed by atoms with Crippen LogP contribution >= 0.6 is 0 Å². The zero-order valence-electron chi connectivity index (χ0n) is 5.05. The molecule has 1 saturated carbocycles. The number of hydrogen-bond acceptors (Lipinski definition) is 2. The van der Waals surface area contributed by atoms with Gasteiger partial charge in [-0.1, -0.05) is 0 Å². The predicted octanol–water partition coefficient (Wildman–Crippen LogP) is 0.580. The minimum atomic E-state index is -0.170. The molecule has 1 fully saturated rings. The summed E-state index contributed by atoms with van der Waals surface area (Å²) in [6.45, 7) is 0. The molecule has 0 amide bonds. The molecule has 0 aromatic carbocycles. The van der Waals surface area contributed by atoms with Gasteiger partial charge in [0.1, 0.15) is 0 Å². The highest BCUT2D eigenvalue weighted by atomic mass is 16.2. The summed E-state index contributed by atoms with van der Waals surface area (Å²) < 4.78 is 0. The molecule has 0 heterocycles. The molecule has 0 bridgehead atoms. The van der Waals surface area contributed by atoms with Crippen LogP contribution in [0, 0.1) is 0 Å². The zero-order valence-corrected chi connectivity index (χ0v) is 5.05. The SMILES string of the molecule is O=C1CCCCC1=O.[O]. The lowest BCUT2D eigenvalue weighted by atomic mass is 9.98. The third-order valence-corrected chi connectivity index (χ3v) is 1.37. The summed E-state index contributed by atoms with van der Waals surface area (Å²) in [7, 11) is 0. The monoisotopic (exact) mass is 128 g/mol. The van der Waals surface area contributed by atoms with E-state index in [0.717, 1.165) is 12.8 Å². The molecule has 0 N–H and O–H groups in total. The highest BCUT2D eigenvalue weighted by Gasteiger charge is 2.16. The summed E-state index contributed by atoms with van der Waals surface area (Å²) in [5.41, 5.74) is 0. The Morgan fingerprint density at radius 3 is 1.44 bits per heavy atom. The molecule has 0 aromatic heterocycles. The first-order valence-electron chi connectivity index (χ1n) is 2.87. The Hall–Kier alpha value is -0.700. The van der Waals surface area contributed by atoms with E-state index in [-0.39, 0.29) is 17.0 Å². The fourth-order valence-corrected chi connectivity index (χ4v) is 0.850. The minimum absolute atomic E-state index is 0. The average Bonchev–Trinajstić information content (AvgIpc) is 1.77. The van der Waals surface area contributed by atoms with Gasteiger partial charge in [-0.3, -0.25) is 9.59 Å². The summed E-state index contributed by atoms with van der Waals surface area (Å²) in [5.74, 6) is -0.340. The maximum Gasteiger partial charge on any atom is 0.198 e. The van der Waals surface area contributed by atoms with E-state index >= 15 is 0 Å². The van der Waals surface area contributed by atoms with Gasteiger partial charge in [0, 0.05) is 18.3 Å². The van der Waals surface area contributed by atoms with Gasteiger partial charge in [-0.25, -0.2) is 0 Å². The molecule has 50 valence electrons. The Labute approximate surface area is 53.4 Å². The highest BCUT2D eigenvalue weighted by Crippen LogP contribution is 2.09. The van der Waals surface area contributed by atoms with Crippen molar-refractivity contribution in [2.75, 3.05) is 0 Å². The molecule has 1 aliphatic rings. The molecular formula is C6H8O3. The van der Waals surface area contributed by atoms with E-state index in [1.807, 2.05) is 0 Å². The van der Waals surface area contributed by atoms with Crippen molar-refractivity contribution < 1.29 is 15.1 Å². The summed E-state index contributed by atoms with van der Waals surface area (Å²) in [6, 6.07) is 0. The number of rotatable bonds is 0. The van der Waals surface area contributed by atoms with Crippen LogP contribution in [0.3, 0.4) is 0 Å². The molecular weight excluding hydrogens is 120 g/mol. The van der Waals surface area contributed by atoms with Crippen LogP contribution in [-0.4, -0.2) is 11.6 Å². The summed E-state index contributed by atoms with van der Waals surface area (Å²) in [5, 5.41) is 0. The third kappa shape index (κ3) is 1.93. The van der Waals surface area contributed by atoms with Crippen LogP contribution < -0.4 is 0 Å². The van der Waals surface area contributed by atoms with Crippen LogP contribution in [0.1, 0.15) is 25.7 Å². The summed E-state index contributed by atoms with van der Waals surface area (Å²) in [6.07, 6.45) is 2.78. The predicted molar refractivity (Wildman–Crippen MR) is 29.2 cm³/mol. The fraction of sp³-hybridized carbons (Fsp3) is 0.667. The van der Waals surface area contributed by atoms with E-state index in [1.165, 1.54) is 0 Å². The van der Waals surface area contributed by atoms with Crippen molar-refractivity contribution in [3.63, 3.8) is 0 Å². The quantitative estimate of drug-likeness (QED) is 0.448. The molecule has 0 saturated heterocycles. The van der Waals surface area contributed by atoms with Crippen LogP contribution in [0.25, 0.3) is 0 Å². The fourth-order valence-electron chi connectivity index (χ4n) is 0.850. The average molecular weight is 128 g/mol. The molecule has 0 atom stereocenters. The van der Waals surface area contributed by atoms with Crippen LogP contribution in [0.5, 0.6) is 0 Å². The van der Waals surface area contributed by atoms with Crippen molar-refractivity contribution in [3.05, 3.63) is 0 Å². The van der Waals surface area contributed by atoms with Gasteiger partial charge in [0.2, 0.25) is 0 Å². The number of Topliss-reactive ketones (excluding diaryl/α,β-unsaturated/α-hetero) is 2. The van der Waals surface area contributed by atoms with Gasteiger partial charge in [0.15, 0.2) is 11.6 Å². The largest absolute Gasteiger partial charge is 0.291 e. The molecule has 3 nitrogen and oxygen atoms in total. The molecule has 0 aliphatic heterocycles. The van der Waals surface area contributed by atoms with Gasteiger partial charge >= 0.3 is 0 Å². The van der Waals surface area contributed by atoms with Gasteiger partial charge in [-0.05, 0) is 12.8 Å². The Kier molecular flexibility index (Phi) is 3.09. The van der Waals surface area contributed by atoms with Gasteiger partial charge in [-0.2, -0.15) is 0 Å². The second-order valence-electron chi connectivity index (χ2n) is 2.05. The maximum absolute atomic E-state index is 10.4. The van der Waals surface area contributed by atoms with Crippen molar-refractivity contribution >= 4 is 11.6 Å². The summed E-state index contributed by atoms with van der Waals surface area (Å²) >= 11 is 0. The topological polar surface area (TPSA) is 62.6 Å². The number of carbonyl (C=O) groups excluding carboxylic acids is 2. The van der Waals surface area contributed by atoms with Crippen molar-refractivity contribution in [3.8, 4) is 0 Å². The zero-order chi connectivity index (χ0) is 5.98. The first-order chi connectivity index (χ1) is 3.80. The van der Waals surface area contributed by atoms with Gasteiger partial charge in [-0.15, -0.1) is 0 Å². The van der Waals surface area contributed by atoms with Crippen LogP contribution in [0.2, 0.25) is 0 Å². The number of carbonyl (C=O) groups is 2. The third-order valence-electron chi connectivity index (χ3n) is 1.37. The van der Waals surface area contributed by atoms with Crippen molar-refractivity contribution in [2.45, 2.75) is 25.7 Å². The van der Waals surface area contributed by atoms with E-state index in [0.29, 0.717) is 12.8 Å². The Morgan fingerprint density at radius 2 is 1.22 bits per heavy atom. The van der Waals surface area contributed by atoms with Gasteiger partial charge < -0.3 is 0 Å². The second-order valence-corrected chi connectivity index (χ2v) is 2.05. The van der Waals surface area contributed by atoms with E-state index in [2.05, 4.69) is 0 Å². The van der Waals surface area contributed by atoms with E-state index in [9.17, 15) is 9.59 Å². The molecule has 3 heteroatoms. The van der Waals surface area contributed by atoms with E-state index in [4.69, 9.17) is 0 Å². The summed E-state index contributed by atoms with van der Waals surface area (Å²) in [4.78, 5) is 20.9. The van der Waals surface area contributed by atoms with Crippen molar-refractivity contribution in [2.24, 2.45) is 0 Å². The Morgan fingerprint density at radius 1 is 0.889 bits per heavy atom. The lowest BCUT2D eigenvalue weighted by molar-refractivity contribution is -0.137. The first-order valence-corrected chi connectivity index (χ1v) is 2.87. The Bertz CT molecular complexity index is 112. The molecule has 0 spiro atoms. The van der Waals surface area contributed by atoms with E-state index in [1.54, 1.807) is 0 Å². The first kappa shape index (κ1) is 8.30. The molecule has 0 unspecified atom stereocenters. The molecule has 1 aliphatic carbocycles. The molecule has 0 aromatic rings.